The van der Waals surface area contributed by atoms with Crippen molar-refractivity contribution in [3.8, 4) is 11.5 Å². The number of amides is 1. The van der Waals surface area contributed by atoms with Crippen LogP contribution in [-0.2, 0) is 4.79 Å². The highest BCUT2D eigenvalue weighted by atomic mass is 16.5. The van der Waals surface area contributed by atoms with Gasteiger partial charge < -0.3 is 19.7 Å². The van der Waals surface area contributed by atoms with Gasteiger partial charge in [-0.05, 0) is 38.0 Å². The van der Waals surface area contributed by atoms with Crippen LogP contribution in [-0.4, -0.2) is 55.5 Å². The lowest BCUT2D eigenvalue weighted by Gasteiger charge is -2.34. The number of benzene rings is 1. The number of piperazine rings is 1. The Kier molecular flexibility index (Phi) is 8.58. The summed E-state index contributed by atoms with van der Waals surface area (Å²) in [6.07, 6.45) is 2.23. The molecule has 0 radical (unpaired) electrons. The molecule has 0 spiro atoms. The quantitative estimate of drug-likeness (QED) is 0.636. The number of carbonyl (C=O) groups is 2. The molecule has 1 aromatic rings. The molecule has 0 aliphatic carbocycles. The first-order valence-corrected chi connectivity index (χ1v) is 9.99. The fraction of sp³-hybridized carbons (Fsp3) is 0.619. The lowest BCUT2D eigenvalue weighted by Crippen LogP contribution is -2.52. The molecule has 27 heavy (non-hydrogen) atoms. The molecule has 1 fully saturated rings. The first-order valence-electron chi connectivity index (χ1n) is 9.99. The largest absolute Gasteiger partial charge is 0.490 e. The Hall–Kier alpha value is -2.08. The zero-order valence-electron chi connectivity index (χ0n) is 16.8. The average Bonchev–Trinajstić information content (AvgIpc) is 2.69. The lowest BCUT2D eigenvalue weighted by atomic mass is 10.0. The Morgan fingerprint density at radius 3 is 2.48 bits per heavy atom. The highest BCUT2D eigenvalue weighted by molar-refractivity contribution is 5.98. The zero-order chi connectivity index (χ0) is 19.6. The summed E-state index contributed by atoms with van der Waals surface area (Å²) in [5, 5.41) is 3.27. The van der Waals surface area contributed by atoms with E-state index in [4.69, 9.17) is 9.47 Å². The number of carbonyl (C=O) groups excluding carboxylic acids is 2. The Morgan fingerprint density at radius 1 is 1.11 bits per heavy atom. The van der Waals surface area contributed by atoms with Crippen molar-refractivity contribution in [1.82, 2.24) is 10.2 Å². The molecule has 0 saturated carbocycles. The van der Waals surface area contributed by atoms with E-state index >= 15 is 0 Å². The van der Waals surface area contributed by atoms with E-state index in [9.17, 15) is 9.59 Å². The molecule has 6 nitrogen and oxygen atoms in total. The van der Waals surface area contributed by atoms with Crippen molar-refractivity contribution < 1.29 is 19.1 Å². The van der Waals surface area contributed by atoms with E-state index in [0.29, 0.717) is 36.8 Å². The monoisotopic (exact) mass is 376 g/mol. The van der Waals surface area contributed by atoms with Gasteiger partial charge in [0.05, 0.1) is 13.2 Å². The molecule has 1 aliphatic heterocycles. The second kappa shape index (κ2) is 10.9. The second-order valence-corrected chi connectivity index (χ2v) is 6.92. The van der Waals surface area contributed by atoms with Gasteiger partial charge in [-0.1, -0.05) is 13.8 Å². The van der Waals surface area contributed by atoms with Gasteiger partial charge in [0.2, 0.25) is 5.91 Å². The minimum Gasteiger partial charge on any atom is -0.490 e. The zero-order valence-corrected chi connectivity index (χ0v) is 16.8. The summed E-state index contributed by atoms with van der Waals surface area (Å²) in [6, 6.07) is 5.45. The van der Waals surface area contributed by atoms with Crippen LogP contribution in [0.2, 0.25) is 0 Å². The van der Waals surface area contributed by atoms with Crippen molar-refractivity contribution in [2.24, 2.45) is 0 Å². The van der Waals surface area contributed by atoms with Crippen LogP contribution >= 0.6 is 0 Å². The molecule has 1 saturated heterocycles. The van der Waals surface area contributed by atoms with Crippen LogP contribution in [0.3, 0.4) is 0 Å². The molecule has 1 heterocycles. The third-order valence-electron chi connectivity index (χ3n) is 4.58. The molecule has 2 rings (SSSR count). The highest BCUT2D eigenvalue weighted by Gasteiger charge is 2.23. The smallest absolute Gasteiger partial charge is 0.223 e. The van der Waals surface area contributed by atoms with Crippen molar-refractivity contribution in [3.05, 3.63) is 23.8 Å². The maximum Gasteiger partial charge on any atom is 0.223 e. The van der Waals surface area contributed by atoms with Crippen molar-refractivity contribution in [3.63, 3.8) is 0 Å². The fourth-order valence-corrected chi connectivity index (χ4v) is 3.06. The standard InChI is InChI=1S/C21H32N2O4/c1-4-12-26-19-8-6-17(14-20(19)27-13-5-2)18(24)7-9-21(25)23-11-10-22-15-16(23)3/h6,8,14,16,22H,4-5,7,9-13,15H2,1-3H3/t16-/m0/s1. The van der Waals surface area contributed by atoms with Gasteiger partial charge in [-0.2, -0.15) is 0 Å². The predicted molar refractivity (Wildman–Crippen MR) is 106 cm³/mol. The molecule has 0 aromatic heterocycles. The summed E-state index contributed by atoms with van der Waals surface area (Å²) in [5.41, 5.74) is 0.561. The maximum atomic E-state index is 12.6. The summed E-state index contributed by atoms with van der Waals surface area (Å²) >= 11 is 0. The van der Waals surface area contributed by atoms with Gasteiger partial charge in [-0.15, -0.1) is 0 Å². The van der Waals surface area contributed by atoms with Crippen LogP contribution in [0.1, 0.15) is 56.8 Å². The first kappa shape index (κ1) is 21.2. The molecule has 1 amide bonds. The number of nitrogens with one attached hydrogen (secondary N) is 1. The Morgan fingerprint density at radius 2 is 1.81 bits per heavy atom. The number of hydrogen-bond donors (Lipinski definition) is 1. The molecule has 1 atom stereocenters. The van der Waals surface area contributed by atoms with Gasteiger partial charge in [-0.3, -0.25) is 9.59 Å². The van der Waals surface area contributed by atoms with Gasteiger partial charge in [-0.25, -0.2) is 0 Å². The van der Waals surface area contributed by atoms with Crippen LogP contribution in [0, 0.1) is 0 Å². The molecule has 0 bridgehead atoms. The Labute approximate surface area is 162 Å². The first-order chi connectivity index (χ1) is 13.1. The van der Waals surface area contributed by atoms with Gasteiger partial charge in [0.1, 0.15) is 0 Å². The lowest BCUT2D eigenvalue weighted by molar-refractivity contribution is -0.133. The van der Waals surface area contributed by atoms with Crippen molar-refractivity contribution in [1.29, 1.82) is 0 Å². The van der Waals surface area contributed by atoms with E-state index in [1.54, 1.807) is 18.2 Å². The van der Waals surface area contributed by atoms with E-state index in [0.717, 1.165) is 25.9 Å². The molecule has 1 N–H and O–H groups in total. The van der Waals surface area contributed by atoms with Crippen LogP contribution in [0.5, 0.6) is 11.5 Å². The minimum atomic E-state index is -0.0467. The van der Waals surface area contributed by atoms with E-state index in [1.165, 1.54) is 0 Å². The topological polar surface area (TPSA) is 67.9 Å². The number of nitrogens with zero attached hydrogens (tertiary/aromatic N) is 1. The molecule has 1 aromatic carbocycles. The number of rotatable bonds is 10. The van der Waals surface area contributed by atoms with E-state index < -0.39 is 0 Å². The molecular weight excluding hydrogens is 344 g/mol. The summed E-state index contributed by atoms with van der Waals surface area (Å²) in [5.74, 6) is 1.25. The third kappa shape index (κ3) is 6.24. The van der Waals surface area contributed by atoms with Gasteiger partial charge >= 0.3 is 0 Å². The molecular formula is C21H32N2O4. The highest BCUT2D eigenvalue weighted by Crippen LogP contribution is 2.29. The molecule has 6 heteroatoms. The average molecular weight is 376 g/mol. The van der Waals surface area contributed by atoms with Gasteiger partial charge in [0.15, 0.2) is 17.3 Å². The second-order valence-electron chi connectivity index (χ2n) is 6.92. The summed E-state index contributed by atoms with van der Waals surface area (Å²) in [4.78, 5) is 26.9. The van der Waals surface area contributed by atoms with Crippen molar-refractivity contribution in [2.45, 2.75) is 52.5 Å². The normalized spacial score (nSPS) is 16.9. The summed E-state index contributed by atoms with van der Waals surface area (Å²) < 4.78 is 11.5. The van der Waals surface area contributed by atoms with Gasteiger partial charge in [0, 0.05) is 44.1 Å². The van der Waals surface area contributed by atoms with Crippen LogP contribution < -0.4 is 14.8 Å². The van der Waals surface area contributed by atoms with E-state index in [-0.39, 0.29) is 30.6 Å². The minimum absolute atomic E-state index is 0.0442. The SMILES string of the molecule is CCCOc1ccc(C(=O)CCC(=O)N2CCNC[C@@H]2C)cc1OCCC. The maximum absolute atomic E-state index is 12.6. The Balaban J connectivity index is 1.98. The summed E-state index contributed by atoms with van der Waals surface area (Å²) in [6.45, 7) is 9.58. The number of Topliss-reactive ketones (excluding diaryl/α,β-unsaturated/α-hetero) is 1. The van der Waals surface area contributed by atoms with Crippen LogP contribution in [0.4, 0.5) is 0 Å². The molecule has 0 unspecified atom stereocenters. The predicted octanol–water partition coefficient (Wildman–Crippen LogP) is 3.05. The van der Waals surface area contributed by atoms with Crippen molar-refractivity contribution in [2.75, 3.05) is 32.8 Å². The third-order valence-corrected chi connectivity index (χ3v) is 4.58. The Bertz CT molecular complexity index is 633. The number of ether oxygens (including phenoxy) is 2. The van der Waals surface area contributed by atoms with Gasteiger partial charge in [0.25, 0.3) is 0 Å². The summed E-state index contributed by atoms with van der Waals surface area (Å²) in [7, 11) is 0. The number of ketones is 1. The number of hydrogen-bond acceptors (Lipinski definition) is 5. The van der Waals surface area contributed by atoms with E-state index in [2.05, 4.69) is 5.32 Å². The molecule has 1 aliphatic rings. The van der Waals surface area contributed by atoms with Crippen LogP contribution in [0.15, 0.2) is 18.2 Å². The fourth-order valence-electron chi connectivity index (χ4n) is 3.06. The van der Waals surface area contributed by atoms with E-state index in [1.807, 2.05) is 25.7 Å². The molecule has 150 valence electrons. The van der Waals surface area contributed by atoms with Crippen LogP contribution in [0.25, 0.3) is 0 Å². The van der Waals surface area contributed by atoms with Crippen molar-refractivity contribution >= 4 is 11.7 Å².